The maximum Gasteiger partial charge on any atom is 0.234 e. The van der Waals surface area contributed by atoms with Gasteiger partial charge >= 0.3 is 0 Å². The van der Waals surface area contributed by atoms with E-state index in [4.69, 9.17) is 14.7 Å². The second-order valence-corrected chi connectivity index (χ2v) is 8.40. The molecule has 7 heteroatoms. The number of hydrogen-bond donors (Lipinski definition) is 1. The highest BCUT2D eigenvalue weighted by molar-refractivity contribution is 9.10. The number of methoxy groups -OCH3 is 1. The lowest BCUT2D eigenvalue weighted by atomic mass is 10.1. The number of amides is 1. The predicted octanol–water partition coefficient (Wildman–Crippen LogP) is 5.16. The minimum Gasteiger partial charge on any atom is -0.497 e. The molecule has 1 unspecified atom stereocenters. The van der Waals surface area contributed by atoms with E-state index < -0.39 is 5.66 Å². The van der Waals surface area contributed by atoms with Gasteiger partial charge in [-0.25, -0.2) is 4.99 Å². The van der Waals surface area contributed by atoms with Crippen molar-refractivity contribution in [1.29, 1.82) is 0 Å². The Labute approximate surface area is 177 Å². The third-order valence-corrected chi connectivity index (χ3v) is 5.89. The van der Waals surface area contributed by atoms with Crippen molar-refractivity contribution in [3.63, 3.8) is 0 Å². The molecule has 0 fully saturated rings. The highest BCUT2D eigenvalue weighted by atomic mass is 79.9. The molecule has 1 atom stereocenters. The topological polar surface area (TPSA) is 63.0 Å². The molecule has 0 saturated heterocycles. The van der Waals surface area contributed by atoms with E-state index in [-0.39, 0.29) is 11.7 Å². The van der Waals surface area contributed by atoms with Crippen molar-refractivity contribution >= 4 is 50.0 Å². The van der Waals surface area contributed by atoms with E-state index in [2.05, 4.69) is 28.2 Å². The third-order valence-electron chi connectivity index (χ3n) is 4.40. The van der Waals surface area contributed by atoms with Crippen molar-refractivity contribution in [2.45, 2.75) is 25.9 Å². The van der Waals surface area contributed by atoms with Crippen molar-refractivity contribution in [2.75, 3.05) is 18.2 Å². The maximum absolute atomic E-state index is 12.4. The van der Waals surface area contributed by atoms with Crippen LogP contribution in [0.1, 0.15) is 25.8 Å². The molecule has 1 N–H and O–H groups in total. The maximum atomic E-state index is 12.4. The Balaban J connectivity index is 1.68. The van der Waals surface area contributed by atoms with E-state index in [1.807, 2.05) is 55.5 Å². The second kappa shape index (κ2) is 8.92. The van der Waals surface area contributed by atoms with Crippen LogP contribution in [0.3, 0.4) is 0 Å². The molecule has 2 aromatic carbocycles. The Bertz CT molecular complexity index is 910. The fraction of sp³-hybridized carbons (Fsp3) is 0.286. The largest absolute Gasteiger partial charge is 0.497 e. The van der Waals surface area contributed by atoms with Gasteiger partial charge in [-0.15, -0.1) is 0 Å². The minimum atomic E-state index is -0.475. The number of hydrogen-bond acceptors (Lipinski definition) is 5. The van der Waals surface area contributed by atoms with Crippen LogP contribution in [0.5, 0.6) is 5.75 Å². The van der Waals surface area contributed by atoms with Crippen molar-refractivity contribution in [2.24, 2.45) is 9.98 Å². The minimum absolute atomic E-state index is 0.0851. The van der Waals surface area contributed by atoms with E-state index in [0.29, 0.717) is 0 Å². The lowest BCUT2D eigenvalue weighted by Gasteiger charge is -2.13. The first-order valence-electron chi connectivity index (χ1n) is 8.95. The molecule has 1 aliphatic rings. The lowest BCUT2D eigenvalue weighted by Crippen LogP contribution is -2.17. The molecule has 0 aliphatic carbocycles. The Morgan fingerprint density at radius 1 is 1.14 bits per heavy atom. The molecule has 2 aromatic rings. The van der Waals surface area contributed by atoms with Crippen LogP contribution in [0.4, 0.5) is 5.69 Å². The van der Waals surface area contributed by atoms with Crippen molar-refractivity contribution in [3.8, 4) is 5.75 Å². The summed E-state index contributed by atoms with van der Waals surface area (Å²) in [7, 11) is 1.61. The van der Waals surface area contributed by atoms with Gasteiger partial charge in [0, 0.05) is 15.7 Å². The van der Waals surface area contributed by atoms with Gasteiger partial charge in [-0.3, -0.25) is 9.79 Å². The zero-order valence-electron chi connectivity index (χ0n) is 16.0. The summed E-state index contributed by atoms with van der Waals surface area (Å²) >= 11 is 4.87. The fourth-order valence-corrected chi connectivity index (χ4v) is 3.81. The molecule has 146 valence electrons. The number of nitrogens with zero attached hydrogens (tertiary/aromatic N) is 2. The van der Waals surface area contributed by atoms with Crippen molar-refractivity contribution in [1.82, 2.24) is 0 Å². The number of benzene rings is 2. The molecular weight excluding hydrogens is 438 g/mol. The van der Waals surface area contributed by atoms with Gasteiger partial charge < -0.3 is 10.1 Å². The lowest BCUT2D eigenvalue weighted by molar-refractivity contribution is -0.113. The number of nitrogens with one attached hydrogen (secondary N) is 1. The van der Waals surface area contributed by atoms with E-state index in [9.17, 15) is 4.79 Å². The SMILES string of the molecule is CCC1(C)N=C(SCC(=O)Nc2ccc(OC)cc2)C(c2ccc(Br)cc2)=N1. The van der Waals surface area contributed by atoms with Crippen LogP contribution in [-0.4, -0.2) is 35.2 Å². The number of carbonyl (C=O) groups is 1. The fourth-order valence-electron chi connectivity index (χ4n) is 2.65. The standard InChI is InChI=1S/C21H22BrN3O2S/c1-4-21(2)24-19(14-5-7-15(22)8-6-14)20(25-21)28-13-18(26)23-16-9-11-17(27-3)12-10-16/h5-12H,4,13H2,1-3H3,(H,23,26). The van der Waals surface area contributed by atoms with Gasteiger partial charge in [0.15, 0.2) is 0 Å². The Hall–Kier alpha value is -2.12. The molecule has 0 aromatic heterocycles. The Morgan fingerprint density at radius 3 is 2.43 bits per heavy atom. The first-order chi connectivity index (χ1) is 13.4. The van der Waals surface area contributed by atoms with Gasteiger partial charge in [0.2, 0.25) is 5.91 Å². The van der Waals surface area contributed by atoms with Crippen LogP contribution in [0, 0.1) is 0 Å². The smallest absolute Gasteiger partial charge is 0.234 e. The number of thioether (sulfide) groups is 1. The van der Waals surface area contributed by atoms with Crippen LogP contribution >= 0.6 is 27.7 Å². The number of anilines is 1. The zero-order chi connectivity index (χ0) is 20.1. The van der Waals surface area contributed by atoms with Gasteiger partial charge in [0.05, 0.1) is 18.6 Å². The van der Waals surface area contributed by atoms with E-state index in [0.717, 1.165) is 38.6 Å². The van der Waals surface area contributed by atoms with Crippen LogP contribution < -0.4 is 10.1 Å². The summed E-state index contributed by atoms with van der Waals surface area (Å²) < 4.78 is 6.14. The summed E-state index contributed by atoms with van der Waals surface area (Å²) in [6.45, 7) is 4.08. The second-order valence-electron chi connectivity index (χ2n) is 6.52. The summed E-state index contributed by atoms with van der Waals surface area (Å²) in [6.07, 6.45) is 0.801. The van der Waals surface area contributed by atoms with Gasteiger partial charge in [-0.2, -0.15) is 0 Å². The molecule has 1 amide bonds. The predicted molar refractivity (Wildman–Crippen MR) is 121 cm³/mol. The summed E-state index contributed by atoms with van der Waals surface area (Å²) in [5.74, 6) is 0.931. The van der Waals surface area contributed by atoms with Gasteiger partial charge in [0.1, 0.15) is 16.5 Å². The van der Waals surface area contributed by atoms with Gasteiger partial charge in [-0.1, -0.05) is 46.7 Å². The average Bonchev–Trinajstić information content (AvgIpc) is 3.05. The number of carbonyl (C=O) groups excluding carboxylic acids is 1. The number of aliphatic imine (C=N–C) groups is 2. The van der Waals surface area contributed by atoms with Crippen LogP contribution in [0.15, 0.2) is 63.0 Å². The summed E-state index contributed by atoms with van der Waals surface area (Å²) in [6, 6.07) is 15.3. The molecule has 1 heterocycles. The quantitative estimate of drug-likeness (QED) is 0.648. The molecule has 0 spiro atoms. The summed E-state index contributed by atoms with van der Waals surface area (Å²) in [5.41, 5.74) is 2.11. The average molecular weight is 460 g/mol. The number of halogens is 1. The van der Waals surface area contributed by atoms with Crippen LogP contribution in [-0.2, 0) is 4.79 Å². The molecule has 0 bridgehead atoms. The first-order valence-corrected chi connectivity index (χ1v) is 10.7. The summed E-state index contributed by atoms with van der Waals surface area (Å²) in [5, 5.41) is 3.70. The van der Waals surface area contributed by atoms with Crippen molar-refractivity contribution < 1.29 is 9.53 Å². The molecular formula is C21H22BrN3O2S. The van der Waals surface area contributed by atoms with Crippen LogP contribution in [0.2, 0.25) is 0 Å². The molecule has 3 rings (SSSR count). The van der Waals surface area contributed by atoms with Gasteiger partial charge in [-0.05, 0) is 49.7 Å². The number of rotatable bonds is 6. The number of ether oxygens (including phenoxy) is 1. The van der Waals surface area contributed by atoms with E-state index in [1.54, 1.807) is 7.11 Å². The molecule has 1 aliphatic heterocycles. The summed E-state index contributed by atoms with van der Waals surface area (Å²) in [4.78, 5) is 22.0. The van der Waals surface area contributed by atoms with E-state index >= 15 is 0 Å². The monoisotopic (exact) mass is 459 g/mol. The van der Waals surface area contributed by atoms with Gasteiger partial charge in [0.25, 0.3) is 0 Å². The third kappa shape index (κ3) is 5.02. The molecule has 28 heavy (non-hydrogen) atoms. The highest BCUT2D eigenvalue weighted by Gasteiger charge is 2.31. The molecule has 5 nitrogen and oxygen atoms in total. The molecule has 0 saturated carbocycles. The molecule has 0 radical (unpaired) electrons. The van der Waals surface area contributed by atoms with Crippen LogP contribution in [0.25, 0.3) is 0 Å². The Kier molecular flexibility index (Phi) is 6.57. The Morgan fingerprint density at radius 2 is 1.82 bits per heavy atom. The normalized spacial score (nSPS) is 18.4. The first kappa shape index (κ1) is 20.6. The van der Waals surface area contributed by atoms with E-state index in [1.165, 1.54) is 11.8 Å². The van der Waals surface area contributed by atoms with Crippen molar-refractivity contribution in [3.05, 3.63) is 58.6 Å². The zero-order valence-corrected chi connectivity index (χ0v) is 18.4. The highest BCUT2D eigenvalue weighted by Crippen LogP contribution is 2.30.